The van der Waals surface area contributed by atoms with Crippen molar-refractivity contribution in [1.29, 1.82) is 0 Å². The van der Waals surface area contributed by atoms with Gasteiger partial charge in [-0.1, -0.05) is 54.6 Å². The van der Waals surface area contributed by atoms with Crippen LogP contribution in [0.2, 0.25) is 0 Å². The van der Waals surface area contributed by atoms with E-state index in [9.17, 15) is 0 Å². The standard InChI is InChI=1S/C6H6.C5H5N.2C4H4N2.C4H5N.C4H4S.2C3H4N2/c2*1-2-4-6-5-3-1;1-2-6-4-3-5-1;1-2-5-4-6-3-1;2*1-2-4-5-3-1;1-2-5-3-4-1;1-2-4-5-3-1/h1-6H;1-5H;2*1-4H;1-5H;1-4H;2*1-3H,(H,4,5). The lowest BCUT2D eigenvalue weighted by molar-refractivity contribution is 1.09. The van der Waals surface area contributed by atoms with Gasteiger partial charge in [-0.3, -0.25) is 20.1 Å². The molecule has 0 spiro atoms. The molecule has 0 radical (unpaired) electrons. The first kappa shape index (κ1) is 36.0. The summed E-state index contributed by atoms with van der Waals surface area (Å²) in [6.07, 6.45) is 27.2. The zero-order valence-corrected chi connectivity index (χ0v) is 24.9. The third kappa shape index (κ3) is 30.5. The Balaban J connectivity index is 0.000000252. The topological polar surface area (TPSA) is 138 Å². The van der Waals surface area contributed by atoms with E-state index in [0.717, 1.165) is 0 Å². The fraction of sp³-hybridized carbons (Fsp3) is 0. The second-order valence-electron chi connectivity index (χ2n) is 7.18. The van der Waals surface area contributed by atoms with Crippen molar-refractivity contribution < 1.29 is 0 Å². The molecule has 1 aromatic carbocycles. The van der Waals surface area contributed by atoms with Gasteiger partial charge in [0.05, 0.1) is 6.33 Å². The van der Waals surface area contributed by atoms with Gasteiger partial charge in [0.25, 0.3) is 0 Å². The number of nitrogens with one attached hydrogen (secondary N) is 3. The molecule has 0 aliphatic rings. The summed E-state index contributed by atoms with van der Waals surface area (Å²) in [6, 6.07) is 29.3. The van der Waals surface area contributed by atoms with Crippen molar-refractivity contribution >= 4 is 11.3 Å². The van der Waals surface area contributed by atoms with Crippen molar-refractivity contribution in [2.75, 3.05) is 0 Å². The van der Waals surface area contributed by atoms with E-state index in [0.29, 0.717) is 0 Å². The van der Waals surface area contributed by atoms with Crippen LogP contribution in [0, 0.1) is 0 Å². The zero-order chi connectivity index (χ0) is 31.1. The number of benzene rings is 1. The summed E-state index contributed by atoms with van der Waals surface area (Å²) < 4.78 is 0. The molecule has 0 atom stereocenters. The van der Waals surface area contributed by atoms with Crippen LogP contribution >= 0.6 is 11.3 Å². The van der Waals surface area contributed by atoms with E-state index in [4.69, 9.17) is 0 Å². The van der Waals surface area contributed by atoms with Crippen molar-refractivity contribution in [2.24, 2.45) is 0 Å². The van der Waals surface area contributed by atoms with Gasteiger partial charge < -0.3 is 9.97 Å². The van der Waals surface area contributed by atoms with E-state index < -0.39 is 0 Å². The lowest BCUT2D eigenvalue weighted by Crippen LogP contribution is -1.66. The normalized spacial score (nSPS) is 8.00. The number of pyridine rings is 1. The Morgan fingerprint density at radius 2 is 0.886 bits per heavy atom. The Bertz CT molecular complexity index is 1020. The highest BCUT2D eigenvalue weighted by molar-refractivity contribution is 7.07. The number of H-pyrrole nitrogens is 3. The minimum atomic E-state index is 1.50. The average Bonchev–Trinajstić information content (AvgIpc) is 4.00. The van der Waals surface area contributed by atoms with E-state index in [1.165, 1.54) is 6.33 Å². The van der Waals surface area contributed by atoms with E-state index >= 15 is 0 Å². The summed E-state index contributed by atoms with van der Waals surface area (Å²) in [6.45, 7) is 0. The van der Waals surface area contributed by atoms with Crippen molar-refractivity contribution in [1.82, 2.24) is 50.1 Å². The summed E-state index contributed by atoms with van der Waals surface area (Å²) in [4.78, 5) is 27.9. The minimum absolute atomic E-state index is 1.50. The summed E-state index contributed by atoms with van der Waals surface area (Å²) >= 11 is 1.71. The molecule has 0 aliphatic carbocycles. The van der Waals surface area contributed by atoms with Gasteiger partial charge in [-0.05, 0) is 47.2 Å². The lowest BCUT2D eigenvalue weighted by Gasteiger charge is -1.70. The van der Waals surface area contributed by atoms with E-state index in [1.54, 1.807) is 98.1 Å². The summed E-state index contributed by atoms with van der Waals surface area (Å²) in [5.41, 5.74) is 0. The van der Waals surface area contributed by atoms with Gasteiger partial charge in [-0.2, -0.15) is 16.4 Å². The van der Waals surface area contributed by atoms with Crippen LogP contribution < -0.4 is 0 Å². The average molecular weight is 605 g/mol. The van der Waals surface area contributed by atoms with Gasteiger partial charge in [0.15, 0.2) is 0 Å². The fourth-order valence-electron chi connectivity index (χ4n) is 2.14. The Labute approximate surface area is 262 Å². The quantitative estimate of drug-likeness (QED) is 0.165. The second kappa shape index (κ2) is 33.1. The number of hydrogen-bond donors (Lipinski definition) is 3. The molecule has 0 amide bonds. The molecule has 8 aromatic rings. The van der Waals surface area contributed by atoms with E-state index in [2.05, 4.69) is 50.1 Å². The molecule has 8 rings (SSSR count). The van der Waals surface area contributed by atoms with Crippen LogP contribution in [0.3, 0.4) is 0 Å². The Kier molecular flexibility index (Phi) is 27.1. The van der Waals surface area contributed by atoms with Gasteiger partial charge in [0.1, 0.15) is 6.33 Å². The zero-order valence-electron chi connectivity index (χ0n) is 24.1. The monoisotopic (exact) mass is 604 g/mol. The molecule has 0 aliphatic heterocycles. The minimum Gasteiger partial charge on any atom is -0.368 e. The van der Waals surface area contributed by atoms with Gasteiger partial charge in [-0.25, -0.2) is 15.0 Å². The predicted octanol–water partition coefficient (Wildman–Crippen LogP) is 7.30. The molecule has 3 N–H and O–H groups in total. The maximum Gasteiger partial charge on any atom is 0.115 e. The Hall–Kier alpha value is -6.07. The lowest BCUT2D eigenvalue weighted by atomic mass is 10.4. The molecule has 11 heteroatoms. The van der Waals surface area contributed by atoms with Crippen LogP contribution in [0.25, 0.3) is 0 Å². The Morgan fingerprint density at radius 3 is 1.07 bits per heavy atom. The predicted molar refractivity (Wildman–Crippen MR) is 177 cm³/mol. The number of thiophene rings is 1. The van der Waals surface area contributed by atoms with Crippen LogP contribution in [0.5, 0.6) is 0 Å². The molecule has 0 fully saturated rings. The Morgan fingerprint density at radius 1 is 0.341 bits per heavy atom. The molecule has 0 saturated carbocycles. The number of aromatic amines is 3. The fourth-order valence-corrected chi connectivity index (χ4v) is 2.59. The molecular weight excluding hydrogens is 569 g/mol. The van der Waals surface area contributed by atoms with Crippen molar-refractivity contribution in [2.45, 2.75) is 0 Å². The molecule has 7 aromatic heterocycles. The van der Waals surface area contributed by atoms with Crippen molar-refractivity contribution in [3.8, 4) is 0 Å². The van der Waals surface area contributed by atoms with Crippen LogP contribution in [0.15, 0.2) is 201 Å². The van der Waals surface area contributed by atoms with E-state index in [1.807, 2.05) is 108 Å². The van der Waals surface area contributed by atoms with Gasteiger partial charge >= 0.3 is 0 Å². The van der Waals surface area contributed by atoms with Gasteiger partial charge in [-0.15, -0.1) is 0 Å². The van der Waals surface area contributed by atoms with Crippen LogP contribution in [-0.4, -0.2) is 50.1 Å². The highest BCUT2D eigenvalue weighted by atomic mass is 32.1. The van der Waals surface area contributed by atoms with Gasteiger partial charge in [0.2, 0.25) is 0 Å². The van der Waals surface area contributed by atoms with Crippen LogP contribution in [0.4, 0.5) is 0 Å². The van der Waals surface area contributed by atoms with E-state index in [-0.39, 0.29) is 0 Å². The molecular formula is C33H36N10S. The molecule has 0 bridgehead atoms. The number of imidazole rings is 1. The maximum absolute atomic E-state index is 3.78. The largest absolute Gasteiger partial charge is 0.368 e. The SMILES string of the molecule is c1c[nH]cn1.c1cc[nH]c1.c1ccccc1.c1ccncc1.c1ccsc1.c1cn[nH]c1.c1cnccn1.c1cncnc1. The third-order valence-electron chi connectivity index (χ3n) is 3.92. The first-order valence-corrected chi connectivity index (χ1v) is 14.1. The van der Waals surface area contributed by atoms with Crippen molar-refractivity contribution in [3.05, 3.63) is 201 Å². The molecule has 44 heavy (non-hydrogen) atoms. The molecule has 0 unspecified atom stereocenters. The third-order valence-corrected chi connectivity index (χ3v) is 4.55. The highest BCUT2D eigenvalue weighted by Gasteiger charge is 1.61. The molecule has 224 valence electrons. The number of rotatable bonds is 0. The number of nitrogens with zero attached hydrogens (tertiary/aromatic N) is 7. The molecule has 0 saturated heterocycles. The van der Waals surface area contributed by atoms with Gasteiger partial charge in [0, 0.05) is 86.8 Å². The second-order valence-corrected chi connectivity index (χ2v) is 8.00. The van der Waals surface area contributed by atoms with Crippen LogP contribution in [-0.2, 0) is 0 Å². The molecule has 10 nitrogen and oxygen atoms in total. The number of hydrogen-bond acceptors (Lipinski definition) is 8. The first-order chi connectivity index (χ1) is 22.0. The molecule has 7 heterocycles. The van der Waals surface area contributed by atoms with Crippen molar-refractivity contribution in [3.63, 3.8) is 0 Å². The first-order valence-electron chi connectivity index (χ1n) is 13.2. The summed E-state index contributed by atoms with van der Waals surface area (Å²) in [5.74, 6) is 0. The maximum atomic E-state index is 3.78. The summed E-state index contributed by atoms with van der Waals surface area (Å²) in [5, 5.41) is 10.3. The van der Waals surface area contributed by atoms with Crippen LogP contribution in [0.1, 0.15) is 0 Å². The smallest absolute Gasteiger partial charge is 0.115 e. The highest BCUT2D eigenvalue weighted by Crippen LogP contribution is 1.91. The number of aromatic nitrogens is 10. The summed E-state index contributed by atoms with van der Waals surface area (Å²) in [7, 11) is 0.